The third kappa shape index (κ3) is 5.85. The zero-order valence-corrected chi connectivity index (χ0v) is 16.9. The van der Waals surface area contributed by atoms with Gasteiger partial charge in [-0.15, -0.1) is 21.5 Å². The summed E-state index contributed by atoms with van der Waals surface area (Å²) >= 11 is 10.7. The topological polar surface area (TPSA) is 59.9 Å². The zero-order chi connectivity index (χ0) is 17.6. The summed E-state index contributed by atoms with van der Waals surface area (Å²) in [5.74, 6) is 1.56. The van der Waals surface area contributed by atoms with Crippen molar-refractivity contribution < 1.29 is 4.74 Å². The lowest BCUT2D eigenvalue weighted by Gasteiger charge is -2.03. The van der Waals surface area contributed by atoms with Crippen LogP contribution in [0.3, 0.4) is 0 Å². The third-order valence-electron chi connectivity index (χ3n) is 2.94. The van der Waals surface area contributed by atoms with E-state index in [1.165, 1.54) is 0 Å². The van der Waals surface area contributed by atoms with Gasteiger partial charge in [-0.25, -0.2) is 4.98 Å². The van der Waals surface area contributed by atoms with Crippen LogP contribution < -0.4 is 10.1 Å². The minimum atomic E-state index is 0.354. The average Bonchev–Trinajstić information content (AvgIpc) is 3.21. The van der Waals surface area contributed by atoms with Crippen LogP contribution in [0.5, 0.6) is 5.75 Å². The molecule has 25 heavy (non-hydrogen) atoms. The molecule has 0 amide bonds. The first-order valence-electron chi connectivity index (χ1n) is 7.63. The summed E-state index contributed by atoms with van der Waals surface area (Å²) in [6.07, 6.45) is 0. The Balaban J connectivity index is 1.48. The quantitative estimate of drug-likeness (QED) is 0.504. The van der Waals surface area contributed by atoms with Crippen LogP contribution in [0, 0.1) is 0 Å². The molecule has 9 heteroatoms. The normalized spacial score (nSPS) is 11.0. The second-order valence-corrected chi connectivity index (χ2v) is 9.02. The molecule has 1 N–H and O–H groups in total. The van der Waals surface area contributed by atoms with Gasteiger partial charge in [0.25, 0.3) is 0 Å². The van der Waals surface area contributed by atoms with Gasteiger partial charge in [0, 0.05) is 22.2 Å². The number of ether oxygens (including phenoxy) is 1. The van der Waals surface area contributed by atoms with Gasteiger partial charge >= 0.3 is 0 Å². The van der Waals surface area contributed by atoms with Gasteiger partial charge in [-0.1, -0.05) is 34.7 Å². The number of nitrogens with one attached hydrogen (secondary N) is 1. The van der Waals surface area contributed by atoms with Gasteiger partial charge in [-0.05, 0) is 38.1 Å². The molecule has 0 saturated carbocycles. The number of hydrogen-bond donors (Lipinski definition) is 1. The Labute approximate surface area is 163 Å². The minimum Gasteiger partial charge on any atom is -0.486 e. The van der Waals surface area contributed by atoms with Crippen LogP contribution in [-0.2, 0) is 12.4 Å². The molecule has 0 saturated heterocycles. The fourth-order valence-corrected chi connectivity index (χ4v) is 4.59. The number of hydrogen-bond acceptors (Lipinski definition) is 8. The number of thioether (sulfide) groups is 1. The standard InChI is InChI=1S/C16H17ClN4OS3/c1-10(2)18-15-20-21-16(25-15)24-9-12-8-23-14(19-12)7-22-13-5-3-11(17)4-6-13/h3-6,8,10H,7,9H2,1-2H3,(H,18,20). The summed E-state index contributed by atoms with van der Waals surface area (Å²) in [4.78, 5) is 4.60. The molecule has 0 fully saturated rings. The van der Waals surface area contributed by atoms with E-state index in [4.69, 9.17) is 16.3 Å². The molecular weight excluding hydrogens is 396 g/mol. The number of halogens is 1. The first-order valence-corrected chi connectivity index (χ1v) is 10.7. The van der Waals surface area contributed by atoms with Gasteiger partial charge in [0.05, 0.1) is 5.69 Å². The van der Waals surface area contributed by atoms with Crippen molar-refractivity contribution in [3.05, 3.63) is 45.4 Å². The zero-order valence-electron chi connectivity index (χ0n) is 13.7. The molecule has 0 unspecified atom stereocenters. The summed E-state index contributed by atoms with van der Waals surface area (Å²) in [5.41, 5.74) is 1.03. The molecular formula is C16H17ClN4OS3. The number of benzene rings is 1. The Hall–Kier alpha value is -1.35. The molecule has 0 atom stereocenters. The van der Waals surface area contributed by atoms with E-state index in [1.54, 1.807) is 34.4 Å². The largest absolute Gasteiger partial charge is 0.486 e. The average molecular weight is 413 g/mol. The van der Waals surface area contributed by atoms with Crippen LogP contribution in [0.1, 0.15) is 24.5 Å². The van der Waals surface area contributed by atoms with E-state index in [9.17, 15) is 0 Å². The van der Waals surface area contributed by atoms with Crippen LogP contribution in [0.2, 0.25) is 5.02 Å². The second-order valence-electron chi connectivity index (χ2n) is 5.44. The van der Waals surface area contributed by atoms with E-state index in [2.05, 4.69) is 39.7 Å². The third-order valence-corrected chi connectivity index (χ3v) is 6.08. The van der Waals surface area contributed by atoms with Crippen molar-refractivity contribution in [3.8, 4) is 5.75 Å². The van der Waals surface area contributed by atoms with Crippen molar-refractivity contribution in [1.29, 1.82) is 0 Å². The molecule has 2 aromatic heterocycles. The van der Waals surface area contributed by atoms with Gasteiger partial charge in [0.15, 0.2) is 4.34 Å². The van der Waals surface area contributed by atoms with Gasteiger partial charge in [-0.2, -0.15) is 0 Å². The second kappa shape index (κ2) is 8.84. The molecule has 132 valence electrons. The molecule has 0 spiro atoms. The number of anilines is 1. The monoisotopic (exact) mass is 412 g/mol. The molecule has 3 rings (SSSR count). The van der Waals surface area contributed by atoms with Crippen molar-refractivity contribution in [3.63, 3.8) is 0 Å². The lowest BCUT2D eigenvalue weighted by molar-refractivity contribution is 0.305. The molecule has 0 bridgehead atoms. The SMILES string of the molecule is CC(C)Nc1nnc(SCc2csc(COc3ccc(Cl)cc3)n2)s1. The molecule has 1 aromatic carbocycles. The van der Waals surface area contributed by atoms with Gasteiger partial charge in [0.1, 0.15) is 17.4 Å². The van der Waals surface area contributed by atoms with Gasteiger partial charge in [0.2, 0.25) is 5.13 Å². The van der Waals surface area contributed by atoms with Crippen molar-refractivity contribution in [2.24, 2.45) is 0 Å². The van der Waals surface area contributed by atoms with Gasteiger partial charge in [-0.3, -0.25) is 0 Å². The maximum Gasteiger partial charge on any atom is 0.206 e. The van der Waals surface area contributed by atoms with E-state index >= 15 is 0 Å². The van der Waals surface area contributed by atoms with Crippen molar-refractivity contribution in [2.75, 3.05) is 5.32 Å². The fraction of sp³-hybridized carbons (Fsp3) is 0.312. The van der Waals surface area contributed by atoms with E-state index in [0.717, 1.165) is 31.7 Å². The van der Waals surface area contributed by atoms with E-state index in [-0.39, 0.29) is 0 Å². The fourth-order valence-electron chi connectivity index (χ4n) is 1.87. The lowest BCUT2D eigenvalue weighted by atomic mass is 10.3. The van der Waals surface area contributed by atoms with Crippen molar-refractivity contribution in [1.82, 2.24) is 15.2 Å². The van der Waals surface area contributed by atoms with Crippen LogP contribution >= 0.6 is 46.0 Å². The Kier molecular flexibility index (Phi) is 6.52. The first kappa shape index (κ1) is 18.4. The maximum atomic E-state index is 5.86. The van der Waals surface area contributed by atoms with Gasteiger partial charge < -0.3 is 10.1 Å². The van der Waals surface area contributed by atoms with Crippen molar-refractivity contribution in [2.45, 2.75) is 36.6 Å². The molecule has 0 radical (unpaired) electrons. The molecule has 3 aromatic rings. The highest BCUT2D eigenvalue weighted by molar-refractivity contribution is 8.00. The summed E-state index contributed by atoms with van der Waals surface area (Å²) in [7, 11) is 0. The van der Waals surface area contributed by atoms with E-state index < -0.39 is 0 Å². The summed E-state index contributed by atoms with van der Waals surface area (Å²) in [6.45, 7) is 4.62. The predicted molar refractivity (Wildman–Crippen MR) is 106 cm³/mol. The molecule has 0 aliphatic carbocycles. The molecule has 5 nitrogen and oxygen atoms in total. The van der Waals surface area contributed by atoms with Crippen LogP contribution in [-0.4, -0.2) is 21.2 Å². The van der Waals surface area contributed by atoms with E-state index in [0.29, 0.717) is 17.7 Å². The predicted octanol–water partition coefficient (Wildman–Crippen LogP) is 5.34. The highest BCUT2D eigenvalue weighted by Gasteiger charge is 2.08. The summed E-state index contributed by atoms with van der Waals surface area (Å²) in [5, 5.41) is 16.1. The number of rotatable bonds is 8. The first-order chi connectivity index (χ1) is 12.1. The Morgan fingerprint density at radius 1 is 1.24 bits per heavy atom. The number of nitrogens with zero attached hydrogens (tertiary/aromatic N) is 3. The Morgan fingerprint density at radius 2 is 2.04 bits per heavy atom. The Bertz CT molecular complexity index is 804. The maximum absolute atomic E-state index is 5.86. The van der Waals surface area contributed by atoms with Crippen LogP contribution in [0.4, 0.5) is 5.13 Å². The smallest absolute Gasteiger partial charge is 0.206 e. The minimum absolute atomic E-state index is 0.354. The number of thiazole rings is 1. The van der Waals surface area contributed by atoms with E-state index in [1.807, 2.05) is 24.3 Å². The number of aromatic nitrogens is 3. The Morgan fingerprint density at radius 3 is 2.80 bits per heavy atom. The summed E-state index contributed by atoms with van der Waals surface area (Å²) in [6, 6.07) is 7.68. The van der Waals surface area contributed by atoms with Crippen LogP contribution in [0.25, 0.3) is 0 Å². The molecule has 2 heterocycles. The molecule has 0 aliphatic rings. The summed E-state index contributed by atoms with van der Waals surface area (Å²) < 4.78 is 6.66. The van der Waals surface area contributed by atoms with Crippen LogP contribution in [0.15, 0.2) is 34.0 Å². The molecule has 0 aliphatic heterocycles. The highest BCUT2D eigenvalue weighted by Crippen LogP contribution is 2.29. The van der Waals surface area contributed by atoms with Crippen molar-refractivity contribution >= 4 is 51.2 Å². The highest BCUT2D eigenvalue weighted by atomic mass is 35.5. The lowest BCUT2D eigenvalue weighted by Crippen LogP contribution is -2.08.